The largest absolute Gasteiger partial charge is 0.231 e. The van der Waals surface area contributed by atoms with E-state index in [2.05, 4.69) is 0 Å². The molecule has 0 rings (SSSR count). The smallest absolute Gasteiger partial charge is 0.196 e. The van der Waals surface area contributed by atoms with Crippen LogP contribution < -0.4 is 0 Å². The first kappa shape index (κ1) is 8.58. The van der Waals surface area contributed by atoms with Crippen LogP contribution in [-0.2, 0) is 0 Å². The van der Waals surface area contributed by atoms with Crippen molar-refractivity contribution in [1.82, 2.24) is 0 Å². The molecule has 0 fully saturated rings. The van der Waals surface area contributed by atoms with Gasteiger partial charge in [-0.3, -0.25) is 0 Å². The fourth-order valence-corrected chi connectivity index (χ4v) is 0.305. The summed E-state index contributed by atoms with van der Waals surface area (Å²) in [6.07, 6.45) is -1.34. The zero-order valence-electron chi connectivity index (χ0n) is 5.01. The third kappa shape index (κ3) is 3.57. The maximum Gasteiger partial charge on any atom is 0.196 e. The van der Waals surface area contributed by atoms with Gasteiger partial charge in [0.05, 0.1) is 0 Å². The van der Waals surface area contributed by atoms with E-state index in [1.165, 1.54) is 6.07 Å². The van der Waals surface area contributed by atoms with Crippen molar-refractivity contribution in [2.45, 2.75) is 12.6 Å². The SMILES string of the molecule is N#C/C(F)=C/CC(F)C#N. The third-order valence-corrected chi connectivity index (χ3v) is 0.751. The van der Waals surface area contributed by atoms with Crippen molar-refractivity contribution in [3.63, 3.8) is 0 Å². The van der Waals surface area contributed by atoms with Crippen molar-refractivity contribution in [3.05, 3.63) is 11.9 Å². The second-order valence-corrected chi connectivity index (χ2v) is 1.50. The van der Waals surface area contributed by atoms with Crippen LogP contribution in [0.1, 0.15) is 6.42 Å². The summed E-state index contributed by atoms with van der Waals surface area (Å²) in [6, 6.07) is 2.42. The molecule has 1 unspecified atom stereocenters. The minimum absolute atomic E-state index is 0.365. The number of alkyl halides is 1. The van der Waals surface area contributed by atoms with Crippen molar-refractivity contribution in [3.8, 4) is 12.1 Å². The summed E-state index contributed by atoms with van der Waals surface area (Å²) in [5, 5.41) is 15.7. The van der Waals surface area contributed by atoms with E-state index in [1.54, 1.807) is 0 Å². The average molecular weight is 142 g/mol. The van der Waals surface area contributed by atoms with Crippen LogP contribution in [0.3, 0.4) is 0 Å². The summed E-state index contributed by atoms with van der Waals surface area (Å²) in [5.41, 5.74) is 0. The van der Waals surface area contributed by atoms with Gasteiger partial charge in [0.2, 0.25) is 0 Å². The predicted molar refractivity (Wildman–Crippen MR) is 29.9 cm³/mol. The number of hydrogen-bond acceptors (Lipinski definition) is 2. The summed E-state index contributed by atoms with van der Waals surface area (Å²) >= 11 is 0. The summed E-state index contributed by atoms with van der Waals surface area (Å²) < 4.78 is 23.8. The van der Waals surface area contributed by atoms with Crippen molar-refractivity contribution < 1.29 is 8.78 Å². The van der Waals surface area contributed by atoms with E-state index < -0.39 is 12.0 Å². The lowest BCUT2D eigenvalue weighted by Crippen LogP contribution is -1.91. The van der Waals surface area contributed by atoms with Gasteiger partial charge in [0.1, 0.15) is 12.1 Å². The Bertz CT molecular complexity index is 209. The number of hydrogen-bond donors (Lipinski definition) is 0. The minimum Gasteiger partial charge on any atom is -0.231 e. The van der Waals surface area contributed by atoms with Crippen molar-refractivity contribution in [2.75, 3.05) is 0 Å². The standard InChI is InChI=1S/C6H4F2N2/c7-5(3-9)1-2-6(8)4-10/h1,6H,2H2/b5-1-. The van der Waals surface area contributed by atoms with E-state index in [4.69, 9.17) is 10.5 Å². The molecule has 0 N–H and O–H groups in total. The molecular weight excluding hydrogens is 138 g/mol. The Kier molecular flexibility index (Phi) is 3.83. The van der Waals surface area contributed by atoms with Gasteiger partial charge in [-0.2, -0.15) is 14.9 Å². The lowest BCUT2D eigenvalue weighted by molar-refractivity contribution is 0.410. The molecule has 2 nitrogen and oxygen atoms in total. The van der Waals surface area contributed by atoms with E-state index in [1.807, 2.05) is 0 Å². The highest BCUT2D eigenvalue weighted by molar-refractivity contribution is 5.12. The number of halogens is 2. The Morgan fingerprint density at radius 3 is 2.60 bits per heavy atom. The first-order valence-electron chi connectivity index (χ1n) is 2.50. The average Bonchev–Trinajstić information content (AvgIpc) is 1.99. The molecule has 0 aromatic carbocycles. The van der Waals surface area contributed by atoms with Crippen molar-refractivity contribution in [2.24, 2.45) is 0 Å². The monoisotopic (exact) mass is 142 g/mol. The van der Waals surface area contributed by atoms with Gasteiger partial charge in [-0.15, -0.1) is 0 Å². The molecule has 10 heavy (non-hydrogen) atoms. The lowest BCUT2D eigenvalue weighted by Gasteiger charge is -1.87. The minimum atomic E-state index is -1.72. The molecule has 0 saturated carbocycles. The van der Waals surface area contributed by atoms with E-state index in [0.717, 1.165) is 12.1 Å². The molecule has 0 heterocycles. The maximum absolute atomic E-state index is 11.9. The van der Waals surface area contributed by atoms with Crippen LogP contribution in [-0.4, -0.2) is 6.17 Å². The molecule has 0 aliphatic rings. The van der Waals surface area contributed by atoms with Gasteiger partial charge in [0.15, 0.2) is 12.0 Å². The highest BCUT2D eigenvalue weighted by Crippen LogP contribution is 2.01. The maximum atomic E-state index is 11.9. The number of nitrogens with zero attached hydrogens (tertiary/aromatic N) is 2. The molecule has 0 aliphatic carbocycles. The van der Waals surface area contributed by atoms with Gasteiger partial charge in [-0.1, -0.05) is 0 Å². The molecule has 0 saturated heterocycles. The van der Waals surface area contributed by atoms with E-state index in [9.17, 15) is 8.78 Å². The number of nitriles is 2. The predicted octanol–water partition coefficient (Wildman–Crippen LogP) is 1.62. The fourth-order valence-electron chi connectivity index (χ4n) is 0.305. The second kappa shape index (κ2) is 4.46. The van der Waals surface area contributed by atoms with Gasteiger partial charge in [0, 0.05) is 6.42 Å². The summed E-state index contributed by atoms with van der Waals surface area (Å²) in [5.74, 6) is -1.06. The molecule has 0 spiro atoms. The Hall–Kier alpha value is -1.42. The molecular formula is C6H4F2N2. The highest BCUT2D eigenvalue weighted by Gasteiger charge is 2.01. The lowest BCUT2D eigenvalue weighted by atomic mass is 10.3. The Morgan fingerprint density at radius 2 is 2.20 bits per heavy atom. The highest BCUT2D eigenvalue weighted by atomic mass is 19.1. The van der Waals surface area contributed by atoms with Gasteiger partial charge >= 0.3 is 0 Å². The zero-order chi connectivity index (χ0) is 7.98. The van der Waals surface area contributed by atoms with Crippen LogP contribution >= 0.6 is 0 Å². The Morgan fingerprint density at radius 1 is 1.60 bits per heavy atom. The van der Waals surface area contributed by atoms with Gasteiger partial charge in [-0.05, 0) is 6.08 Å². The van der Waals surface area contributed by atoms with Crippen LogP contribution in [0, 0.1) is 22.7 Å². The van der Waals surface area contributed by atoms with Crippen LogP contribution in [0.2, 0.25) is 0 Å². The van der Waals surface area contributed by atoms with Crippen molar-refractivity contribution >= 4 is 0 Å². The molecule has 0 bridgehead atoms. The zero-order valence-corrected chi connectivity index (χ0v) is 5.01. The first-order chi connectivity index (χ1) is 4.70. The Labute approximate surface area is 57.0 Å². The molecule has 0 aromatic heterocycles. The van der Waals surface area contributed by atoms with Crippen LogP contribution in [0.25, 0.3) is 0 Å². The number of allylic oxidation sites excluding steroid dienone is 2. The second-order valence-electron chi connectivity index (χ2n) is 1.50. The van der Waals surface area contributed by atoms with Gasteiger partial charge in [-0.25, -0.2) is 4.39 Å². The van der Waals surface area contributed by atoms with E-state index in [0.29, 0.717) is 0 Å². The molecule has 0 amide bonds. The van der Waals surface area contributed by atoms with Crippen LogP contribution in [0.15, 0.2) is 11.9 Å². The Balaban J connectivity index is 3.78. The molecule has 0 radical (unpaired) electrons. The molecule has 1 atom stereocenters. The summed E-state index contributed by atoms with van der Waals surface area (Å²) in [6.45, 7) is 0. The molecule has 4 heteroatoms. The molecule has 52 valence electrons. The fraction of sp³-hybridized carbons (Fsp3) is 0.333. The van der Waals surface area contributed by atoms with E-state index >= 15 is 0 Å². The number of rotatable bonds is 2. The third-order valence-electron chi connectivity index (χ3n) is 0.751. The quantitative estimate of drug-likeness (QED) is 0.550. The van der Waals surface area contributed by atoms with Crippen LogP contribution in [0.5, 0.6) is 0 Å². The molecule has 0 aromatic rings. The topological polar surface area (TPSA) is 47.6 Å². The molecule has 0 aliphatic heterocycles. The van der Waals surface area contributed by atoms with Crippen molar-refractivity contribution in [1.29, 1.82) is 10.5 Å². The van der Waals surface area contributed by atoms with Gasteiger partial charge in [0.25, 0.3) is 0 Å². The summed E-state index contributed by atoms with van der Waals surface area (Å²) in [4.78, 5) is 0. The van der Waals surface area contributed by atoms with Gasteiger partial charge < -0.3 is 0 Å². The first-order valence-corrected chi connectivity index (χ1v) is 2.50. The van der Waals surface area contributed by atoms with E-state index in [-0.39, 0.29) is 6.42 Å². The summed E-state index contributed by atoms with van der Waals surface area (Å²) in [7, 11) is 0. The normalized spacial score (nSPS) is 13.4. The van der Waals surface area contributed by atoms with Crippen LogP contribution in [0.4, 0.5) is 8.78 Å².